The topological polar surface area (TPSA) is 104 Å². The van der Waals surface area contributed by atoms with Gasteiger partial charge in [0.1, 0.15) is 5.75 Å². The number of nitrogens with two attached hydrogens (primary N) is 2. The Morgan fingerprint density at radius 2 is 1.78 bits per heavy atom. The number of para-hydroxylation sites is 1. The Bertz CT molecular complexity index is 841. The van der Waals surface area contributed by atoms with E-state index in [1.54, 1.807) is 19.2 Å². The molecule has 7 nitrogen and oxygen atoms in total. The standard InChI is InChI=1S/C16H16N6O/c1-23-13-9-5-6-11(10-13)19-20-14-15(17)21-22(16(14)18)12-7-3-2-4-8-12/h2-10H,18H2,1H3,(H2,17,21). The number of aromatic nitrogens is 2. The van der Waals surface area contributed by atoms with Crippen LogP contribution in [0.25, 0.3) is 5.69 Å². The smallest absolute Gasteiger partial charge is 0.176 e. The lowest BCUT2D eigenvalue weighted by Crippen LogP contribution is -2.01. The molecule has 0 aliphatic rings. The van der Waals surface area contributed by atoms with E-state index < -0.39 is 0 Å². The summed E-state index contributed by atoms with van der Waals surface area (Å²) in [4.78, 5) is 0. The summed E-state index contributed by atoms with van der Waals surface area (Å²) in [6.07, 6.45) is 0. The van der Waals surface area contributed by atoms with E-state index in [1.807, 2.05) is 42.5 Å². The Hall–Kier alpha value is -3.35. The van der Waals surface area contributed by atoms with E-state index in [4.69, 9.17) is 16.2 Å². The predicted molar refractivity (Wildman–Crippen MR) is 89.6 cm³/mol. The third kappa shape index (κ3) is 2.98. The number of hydrogen-bond acceptors (Lipinski definition) is 6. The molecule has 0 atom stereocenters. The molecule has 23 heavy (non-hydrogen) atoms. The normalized spacial score (nSPS) is 11.0. The molecule has 0 fully saturated rings. The van der Waals surface area contributed by atoms with Crippen molar-refractivity contribution in [1.82, 2.24) is 9.78 Å². The van der Waals surface area contributed by atoms with Gasteiger partial charge in [0.2, 0.25) is 0 Å². The summed E-state index contributed by atoms with van der Waals surface area (Å²) in [6.45, 7) is 0. The van der Waals surface area contributed by atoms with Gasteiger partial charge in [-0.25, -0.2) is 4.68 Å². The molecule has 0 amide bonds. The van der Waals surface area contributed by atoms with Crippen LogP contribution >= 0.6 is 0 Å². The third-order valence-electron chi connectivity index (χ3n) is 3.24. The van der Waals surface area contributed by atoms with Gasteiger partial charge in [0.25, 0.3) is 0 Å². The molecule has 0 saturated carbocycles. The average Bonchev–Trinajstić information content (AvgIpc) is 2.88. The highest BCUT2D eigenvalue weighted by atomic mass is 16.5. The minimum absolute atomic E-state index is 0.220. The maximum absolute atomic E-state index is 6.10. The first-order valence-electron chi connectivity index (χ1n) is 6.94. The van der Waals surface area contributed by atoms with Crippen LogP contribution in [0.5, 0.6) is 5.75 Å². The fourth-order valence-electron chi connectivity index (χ4n) is 2.09. The van der Waals surface area contributed by atoms with Gasteiger partial charge in [0.05, 0.1) is 18.5 Å². The predicted octanol–water partition coefficient (Wildman–Crippen LogP) is 3.46. The number of anilines is 2. The lowest BCUT2D eigenvalue weighted by Gasteiger charge is -2.02. The molecule has 0 bridgehead atoms. The number of ether oxygens (including phenoxy) is 1. The lowest BCUT2D eigenvalue weighted by atomic mass is 10.3. The summed E-state index contributed by atoms with van der Waals surface area (Å²) in [5.41, 5.74) is 13.8. The number of hydrogen-bond donors (Lipinski definition) is 2. The number of nitrogens with zero attached hydrogens (tertiary/aromatic N) is 4. The first kappa shape index (κ1) is 14.6. The second-order valence-electron chi connectivity index (χ2n) is 4.77. The second-order valence-corrected chi connectivity index (χ2v) is 4.77. The summed E-state index contributed by atoms with van der Waals surface area (Å²) in [5.74, 6) is 1.25. The van der Waals surface area contributed by atoms with Crippen molar-refractivity contribution in [2.75, 3.05) is 18.6 Å². The van der Waals surface area contributed by atoms with Gasteiger partial charge in [-0.05, 0) is 24.3 Å². The van der Waals surface area contributed by atoms with Gasteiger partial charge in [0.15, 0.2) is 17.3 Å². The molecular weight excluding hydrogens is 292 g/mol. The van der Waals surface area contributed by atoms with Crippen LogP contribution in [-0.2, 0) is 0 Å². The molecule has 0 spiro atoms. The zero-order chi connectivity index (χ0) is 16.2. The Morgan fingerprint density at radius 3 is 2.52 bits per heavy atom. The molecule has 3 aromatic rings. The van der Waals surface area contributed by atoms with Crippen LogP contribution in [0.3, 0.4) is 0 Å². The van der Waals surface area contributed by atoms with E-state index in [9.17, 15) is 0 Å². The average molecular weight is 308 g/mol. The van der Waals surface area contributed by atoms with E-state index in [0.29, 0.717) is 22.9 Å². The van der Waals surface area contributed by atoms with Crippen molar-refractivity contribution in [3.63, 3.8) is 0 Å². The van der Waals surface area contributed by atoms with Gasteiger partial charge in [0, 0.05) is 6.07 Å². The summed E-state index contributed by atoms with van der Waals surface area (Å²) < 4.78 is 6.69. The van der Waals surface area contributed by atoms with Gasteiger partial charge in [-0.2, -0.15) is 5.11 Å². The molecule has 1 aromatic heterocycles. The van der Waals surface area contributed by atoms with Gasteiger partial charge >= 0.3 is 0 Å². The second kappa shape index (κ2) is 6.18. The highest BCUT2D eigenvalue weighted by Crippen LogP contribution is 2.32. The summed E-state index contributed by atoms with van der Waals surface area (Å²) in [6, 6.07) is 16.7. The molecule has 1 heterocycles. The van der Waals surface area contributed by atoms with Crippen molar-refractivity contribution < 1.29 is 4.74 Å². The van der Waals surface area contributed by atoms with E-state index in [2.05, 4.69) is 15.3 Å². The molecule has 0 radical (unpaired) electrons. The van der Waals surface area contributed by atoms with Gasteiger partial charge in [-0.1, -0.05) is 24.3 Å². The zero-order valence-corrected chi connectivity index (χ0v) is 12.5. The Labute approximate surface area is 133 Å². The molecule has 0 aliphatic heterocycles. The molecule has 2 aromatic carbocycles. The monoisotopic (exact) mass is 308 g/mol. The van der Waals surface area contributed by atoms with Crippen LogP contribution < -0.4 is 16.2 Å². The number of methoxy groups -OCH3 is 1. The largest absolute Gasteiger partial charge is 0.497 e. The fraction of sp³-hybridized carbons (Fsp3) is 0.0625. The molecular formula is C16H16N6O. The van der Waals surface area contributed by atoms with Crippen LogP contribution in [0.4, 0.5) is 23.0 Å². The Morgan fingerprint density at radius 1 is 1.00 bits per heavy atom. The molecule has 0 unspecified atom stereocenters. The number of nitrogen functional groups attached to an aromatic ring is 2. The van der Waals surface area contributed by atoms with Crippen molar-refractivity contribution in [3.8, 4) is 11.4 Å². The first-order valence-corrected chi connectivity index (χ1v) is 6.94. The van der Waals surface area contributed by atoms with Crippen LogP contribution in [0.15, 0.2) is 64.8 Å². The summed E-state index contributed by atoms with van der Waals surface area (Å²) >= 11 is 0. The molecule has 0 saturated heterocycles. The Balaban J connectivity index is 1.94. The van der Waals surface area contributed by atoms with Crippen LogP contribution in [0, 0.1) is 0 Å². The molecule has 7 heteroatoms. The van der Waals surface area contributed by atoms with E-state index in [0.717, 1.165) is 5.69 Å². The molecule has 0 aliphatic carbocycles. The fourth-order valence-corrected chi connectivity index (χ4v) is 2.09. The quantitative estimate of drug-likeness (QED) is 0.720. The van der Waals surface area contributed by atoms with Crippen LogP contribution in [0.1, 0.15) is 0 Å². The highest BCUT2D eigenvalue weighted by molar-refractivity contribution is 5.73. The van der Waals surface area contributed by atoms with Gasteiger partial charge < -0.3 is 16.2 Å². The third-order valence-corrected chi connectivity index (χ3v) is 3.24. The Kier molecular flexibility index (Phi) is 3.92. The van der Waals surface area contributed by atoms with Crippen LogP contribution in [-0.4, -0.2) is 16.9 Å². The maximum atomic E-state index is 6.10. The minimum atomic E-state index is 0.220. The summed E-state index contributed by atoms with van der Waals surface area (Å²) in [7, 11) is 1.59. The zero-order valence-electron chi connectivity index (χ0n) is 12.5. The van der Waals surface area contributed by atoms with Crippen molar-refractivity contribution in [2.24, 2.45) is 10.2 Å². The SMILES string of the molecule is COc1cccc(N=Nc2c(N)nn(-c3ccccc3)c2N)c1. The van der Waals surface area contributed by atoms with Crippen molar-refractivity contribution in [3.05, 3.63) is 54.6 Å². The van der Waals surface area contributed by atoms with Crippen molar-refractivity contribution >= 4 is 23.0 Å². The molecule has 4 N–H and O–H groups in total. The van der Waals surface area contributed by atoms with Crippen molar-refractivity contribution in [1.29, 1.82) is 0 Å². The van der Waals surface area contributed by atoms with E-state index in [-0.39, 0.29) is 5.82 Å². The lowest BCUT2D eigenvalue weighted by molar-refractivity contribution is 0.415. The first-order chi connectivity index (χ1) is 11.2. The highest BCUT2D eigenvalue weighted by Gasteiger charge is 2.14. The molecule has 3 rings (SSSR count). The van der Waals surface area contributed by atoms with Crippen molar-refractivity contribution in [2.45, 2.75) is 0 Å². The summed E-state index contributed by atoms with van der Waals surface area (Å²) in [5, 5.41) is 12.5. The molecule has 116 valence electrons. The maximum Gasteiger partial charge on any atom is 0.176 e. The number of benzene rings is 2. The van der Waals surface area contributed by atoms with Gasteiger partial charge in [-0.15, -0.1) is 10.2 Å². The van der Waals surface area contributed by atoms with Gasteiger partial charge in [-0.3, -0.25) is 0 Å². The van der Waals surface area contributed by atoms with E-state index in [1.165, 1.54) is 4.68 Å². The minimum Gasteiger partial charge on any atom is -0.497 e. The van der Waals surface area contributed by atoms with Crippen LogP contribution in [0.2, 0.25) is 0 Å². The number of rotatable bonds is 4. The number of azo groups is 1. The van der Waals surface area contributed by atoms with E-state index >= 15 is 0 Å².